The van der Waals surface area contributed by atoms with E-state index in [9.17, 15) is 19.2 Å². The molecule has 1 aliphatic rings. The molecule has 0 aliphatic carbocycles. The van der Waals surface area contributed by atoms with Crippen LogP contribution in [0.4, 0.5) is 10.5 Å². The van der Waals surface area contributed by atoms with Crippen molar-refractivity contribution in [2.24, 2.45) is 0 Å². The molecule has 1 aliphatic heterocycles. The van der Waals surface area contributed by atoms with E-state index >= 15 is 0 Å². The van der Waals surface area contributed by atoms with E-state index in [1.807, 2.05) is 0 Å². The van der Waals surface area contributed by atoms with E-state index in [0.717, 1.165) is 4.90 Å². The number of benzene rings is 2. The Morgan fingerprint density at radius 1 is 1.17 bits per heavy atom. The van der Waals surface area contributed by atoms with Crippen LogP contribution in [0.15, 0.2) is 54.1 Å². The predicted molar refractivity (Wildman–Crippen MR) is 105 cm³/mol. The van der Waals surface area contributed by atoms with Crippen LogP contribution in [0.5, 0.6) is 5.75 Å². The number of hydrogen-bond acceptors (Lipinski definition) is 5. The fourth-order valence-electron chi connectivity index (χ4n) is 2.57. The zero-order chi connectivity index (χ0) is 21.1. The van der Waals surface area contributed by atoms with Crippen LogP contribution in [0, 0.1) is 0 Å². The normalized spacial score (nSPS) is 16.6. The Labute approximate surface area is 170 Å². The number of ether oxygens (including phenoxy) is 1. The molecule has 3 rings (SSSR count). The molecule has 0 bridgehead atoms. The number of anilines is 1. The lowest BCUT2D eigenvalue weighted by molar-refractivity contribution is -0.144. The number of halogens is 1. The molecule has 0 radical (unpaired) electrons. The Balaban J connectivity index is 1.87. The van der Waals surface area contributed by atoms with Gasteiger partial charge in [0, 0.05) is 5.02 Å². The molecule has 1 saturated heterocycles. The fraction of sp³-hybridized carbons (Fsp3) is 0.100. The largest absolute Gasteiger partial charge is 0.479 e. The summed E-state index contributed by atoms with van der Waals surface area (Å²) in [5.74, 6) is -2.40. The second-order valence-electron chi connectivity index (χ2n) is 6.11. The number of urea groups is 1. The molecule has 0 spiro atoms. The predicted octanol–water partition coefficient (Wildman–Crippen LogP) is 2.86. The zero-order valence-corrected chi connectivity index (χ0v) is 15.8. The van der Waals surface area contributed by atoms with Gasteiger partial charge in [-0.3, -0.25) is 14.9 Å². The molecular weight excluding hydrogens is 400 g/mol. The molecule has 4 amide bonds. The maximum atomic E-state index is 12.8. The van der Waals surface area contributed by atoms with Crippen molar-refractivity contribution >= 4 is 47.2 Å². The Morgan fingerprint density at radius 2 is 1.86 bits per heavy atom. The molecule has 0 saturated carbocycles. The van der Waals surface area contributed by atoms with E-state index in [4.69, 9.17) is 21.4 Å². The van der Waals surface area contributed by atoms with Gasteiger partial charge >= 0.3 is 12.0 Å². The van der Waals surface area contributed by atoms with Crippen molar-refractivity contribution in [2.75, 3.05) is 4.90 Å². The van der Waals surface area contributed by atoms with Gasteiger partial charge in [0.1, 0.15) is 11.3 Å². The smallest absolute Gasteiger partial charge is 0.344 e. The number of nitrogens with one attached hydrogen (secondary N) is 1. The van der Waals surface area contributed by atoms with Gasteiger partial charge in [-0.15, -0.1) is 0 Å². The van der Waals surface area contributed by atoms with E-state index in [1.54, 1.807) is 24.3 Å². The Hall–Kier alpha value is -3.65. The molecule has 29 heavy (non-hydrogen) atoms. The van der Waals surface area contributed by atoms with Crippen molar-refractivity contribution in [1.29, 1.82) is 0 Å². The highest BCUT2D eigenvalue weighted by Gasteiger charge is 2.36. The van der Waals surface area contributed by atoms with E-state index in [-0.39, 0.29) is 11.3 Å². The van der Waals surface area contributed by atoms with Gasteiger partial charge in [-0.05, 0) is 48.9 Å². The van der Waals surface area contributed by atoms with Crippen molar-refractivity contribution in [3.63, 3.8) is 0 Å². The third kappa shape index (κ3) is 4.44. The summed E-state index contributed by atoms with van der Waals surface area (Å²) in [6, 6.07) is 11.4. The average Bonchev–Trinajstić information content (AvgIpc) is 2.66. The number of aliphatic carboxylic acids is 1. The average molecular weight is 415 g/mol. The van der Waals surface area contributed by atoms with Gasteiger partial charge in [-0.25, -0.2) is 14.5 Å². The molecular formula is C20H15ClN2O6. The van der Waals surface area contributed by atoms with Crippen LogP contribution in [0.25, 0.3) is 6.08 Å². The minimum atomic E-state index is -1.11. The second kappa shape index (κ2) is 8.15. The third-order valence-electron chi connectivity index (χ3n) is 4.02. The summed E-state index contributed by atoms with van der Waals surface area (Å²) >= 11 is 5.92. The molecule has 148 valence electrons. The Morgan fingerprint density at radius 3 is 2.48 bits per heavy atom. The SMILES string of the molecule is C[C@H](Oc1ccc(/C=C2\C(=O)NC(=O)N(c3cccc(Cl)c3)C2=O)cc1)C(=O)O. The summed E-state index contributed by atoms with van der Waals surface area (Å²) in [5.41, 5.74) is 0.473. The number of rotatable bonds is 5. The van der Waals surface area contributed by atoms with Crippen molar-refractivity contribution < 1.29 is 29.0 Å². The molecule has 9 heteroatoms. The number of carboxylic acid groups (broad SMARTS) is 1. The van der Waals surface area contributed by atoms with Crippen LogP contribution in [-0.4, -0.2) is 35.0 Å². The van der Waals surface area contributed by atoms with Crippen LogP contribution in [0.3, 0.4) is 0 Å². The number of carbonyl (C=O) groups is 4. The number of imide groups is 2. The first-order chi connectivity index (χ1) is 13.8. The van der Waals surface area contributed by atoms with Gasteiger partial charge in [0.15, 0.2) is 6.10 Å². The van der Waals surface area contributed by atoms with Gasteiger partial charge in [-0.2, -0.15) is 0 Å². The molecule has 1 fully saturated rings. The van der Waals surface area contributed by atoms with E-state index in [0.29, 0.717) is 16.3 Å². The van der Waals surface area contributed by atoms with E-state index in [1.165, 1.54) is 37.3 Å². The van der Waals surface area contributed by atoms with Crippen molar-refractivity contribution in [3.05, 3.63) is 64.7 Å². The standard InChI is InChI=1S/C20H15ClN2O6/c1-11(19(26)27)29-15-7-5-12(6-8-15)9-16-17(24)22-20(28)23(18(16)25)14-4-2-3-13(21)10-14/h2-11H,1H3,(H,26,27)(H,22,24,28)/b16-9+/t11-/m0/s1. The lowest BCUT2D eigenvalue weighted by Gasteiger charge is -2.26. The number of carboxylic acids is 1. The van der Waals surface area contributed by atoms with Crippen LogP contribution in [0.1, 0.15) is 12.5 Å². The van der Waals surface area contributed by atoms with Gasteiger partial charge in [0.05, 0.1) is 5.69 Å². The highest BCUT2D eigenvalue weighted by molar-refractivity contribution is 6.39. The maximum absolute atomic E-state index is 12.8. The molecule has 1 heterocycles. The van der Waals surface area contributed by atoms with Crippen LogP contribution < -0.4 is 15.0 Å². The van der Waals surface area contributed by atoms with Gasteiger partial charge < -0.3 is 9.84 Å². The Bertz CT molecular complexity index is 1030. The maximum Gasteiger partial charge on any atom is 0.344 e. The minimum absolute atomic E-state index is 0.227. The lowest BCUT2D eigenvalue weighted by atomic mass is 10.1. The lowest BCUT2D eigenvalue weighted by Crippen LogP contribution is -2.54. The zero-order valence-electron chi connectivity index (χ0n) is 15.1. The number of nitrogens with zero attached hydrogens (tertiary/aromatic N) is 1. The molecule has 1 atom stereocenters. The van der Waals surface area contributed by atoms with Crippen molar-refractivity contribution in [2.45, 2.75) is 13.0 Å². The van der Waals surface area contributed by atoms with Crippen LogP contribution in [-0.2, 0) is 14.4 Å². The highest BCUT2D eigenvalue weighted by Crippen LogP contribution is 2.25. The summed E-state index contributed by atoms with van der Waals surface area (Å²) in [4.78, 5) is 48.8. The number of barbiturate groups is 1. The quantitative estimate of drug-likeness (QED) is 0.574. The second-order valence-corrected chi connectivity index (χ2v) is 6.54. The molecule has 2 aromatic rings. The van der Waals surface area contributed by atoms with Crippen molar-refractivity contribution in [3.8, 4) is 5.75 Å². The molecule has 8 nitrogen and oxygen atoms in total. The first kappa shape index (κ1) is 20.1. The fourth-order valence-corrected chi connectivity index (χ4v) is 2.76. The van der Waals surface area contributed by atoms with Gasteiger partial charge in [-0.1, -0.05) is 29.8 Å². The topological polar surface area (TPSA) is 113 Å². The summed E-state index contributed by atoms with van der Waals surface area (Å²) in [6.07, 6.45) is 0.300. The van der Waals surface area contributed by atoms with Crippen LogP contribution >= 0.6 is 11.6 Å². The number of hydrogen-bond donors (Lipinski definition) is 2. The molecule has 0 aromatic heterocycles. The van der Waals surface area contributed by atoms with Crippen molar-refractivity contribution in [1.82, 2.24) is 5.32 Å². The Kier molecular flexibility index (Phi) is 5.65. The summed E-state index contributed by atoms with van der Waals surface area (Å²) in [5, 5.41) is 11.3. The first-order valence-corrected chi connectivity index (χ1v) is 8.80. The highest BCUT2D eigenvalue weighted by atomic mass is 35.5. The minimum Gasteiger partial charge on any atom is -0.479 e. The molecule has 2 N–H and O–H groups in total. The third-order valence-corrected chi connectivity index (χ3v) is 4.25. The molecule has 2 aromatic carbocycles. The summed E-state index contributed by atoms with van der Waals surface area (Å²) in [7, 11) is 0. The first-order valence-electron chi connectivity index (χ1n) is 8.43. The molecule has 0 unspecified atom stereocenters. The summed E-state index contributed by atoms with van der Waals surface area (Å²) < 4.78 is 5.23. The van der Waals surface area contributed by atoms with Gasteiger partial charge in [0.2, 0.25) is 0 Å². The van der Waals surface area contributed by atoms with Gasteiger partial charge in [0.25, 0.3) is 11.8 Å². The van der Waals surface area contributed by atoms with E-state index < -0.39 is 29.9 Å². The number of amides is 4. The summed E-state index contributed by atoms with van der Waals surface area (Å²) in [6.45, 7) is 1.39. The van der Waals surface area contributed by atoms with Crippen LogP contribution in [0.2, 0.25) is 5.02 Å². The van der Waals surface area contributed by atoms with E-state index in [2.05, 4.69) is 5.32 Å². The number of carbonyl (C=O) groups excluding carboxylic acids is 3. The monoisotopic (exact) mass is 414 g/mol.